The number of amides is 2. The highest BCUT2D eigenvalue weighted by atomic mass is 16.6. The second-order valence-electron chi connectivity index (χ2n) is 4.26. The van der Waals surface area contributed by atoms with E-state index >= 15 is 0 Å². The molecule has 116 valence electrons. The van der Waals surface area contributed by atoms with Crippen molar-refractivity contribution in [2.45, 2.75) is 0 Å². The van der Waals surface area contributed by atoms with Crippen LogP contribution in [0.5, 0.6) is 0 Å². The molecule has 0 fully saturated rings. The lowest BCUT2D eigenvalue weighted by Gasteiger charge is -2.09. The number of anilines is 2. The third-order valence-corrected chi connectivity index (χ3v) is 2.63. The lowest BCUT2D eigenvalue weighted by atomic mass is 10.2. The zero-order chi connectivity index (χ0) is 15.8. The van der Waals surface area contributed by atoms with E-state index in [0.29, 0.717) is 23.7 Å². The van der Waals surface area contributed by atoms with Crippen molar-refractivity contribution in [3.63, 3.8) is 0 Å². The molecular weight excluding hydrogens is 288 g/mol. The van der Waals surface area contributed by atoms with Crippen LogP contribution in [0.25, 0.3) is 0 Å². The Hall–Kier alpha value is -2.87. The second-order valence-corrected chi connectivity index (χ2v) is 4.26. The van der Waals surface area contributed by atoms with Crippen LogP contribution >= 0.6 is 0 Å². The van der Waals surface area contributed by atoms with E-state index in [-0.39, 0.29) is 12.5 Å². The number of rotatable bonds is 6. The van der Waals surface area contributed by atoms with Crippen LogP contribution in [0.4, 0.5) is 16.2 Å². The van der Waals surface area contributed by atoms with Gasteiger partial charge in [-0.2, -0.15) is 5.10 Å². The van der Waals surface area contributed by atoms with Crippen molar-refractivity contribution in [3.05, 3.63) is 42.2 Å². The molecule has 1 heterocycles. The van der Waals surface area contributed by atoms with E-state index in [1.165, 1.54) is 13.3 Å². The molecule has 0 atom stereocenters. The molecule has 0 aliphatic heterocycles. The SMILES string of the molecule is COCCOC(=O)Nc1cccc(NC(=O)c2ccn[nH]2)c1. The summed E-state index contributed by atoms with van der Waals surface area (Å²) in [6, 6.07) is 8.27. The Kier molecular flexibility index (Phi) is 5.50. The number of methoxy groups -OCH3 is 1. The molecule has 0 radical (unpaired) electrons. The summed E-state index contributed by atoms with van der Waals surface area (Å²) in [7, 11) is 1.52. The van der Waals surface area contributed by atoms with Gasteiger partial charge in [-0.15, -0.1) is 0 Å². The third-order valence-electron chi connectivity index (χ3n) is 2.63. The molecule has 8 heteroatoms. The maximum atomic E-state index is 11.9. The summed E-state index contributed by atoms with van der Waals surface area (Å²) in [5, 5.41) is 11.5. The van der Waals surface area contributed by atoms with Gasteiger partial charge in [0.25, 0.3) is 5.91 Å². The van der Waals surface area contributed by atoms with E-state index in [1.807, 2.05) is 0 Å². The summed E-state index contributed by atoms with van der Waals surface area (Å²) in [6.45, 7) is 0.492. The molecule has 2 aromatic rings. The lowest BCUT2D eigenvalue weighted by molar-refractivity contribution is 0.102. The Morgan fingerprint density at radius 1 is 1.18 bits per heavy atom. The second kappa shape index (κ2) is 7.79. The predicted molar refractivity (Wildman–Crippen MR) is 79.8 cm³/mol. The molecule has 2 amide bonds. The maximum absolute atomic E-state index is 11.9. The number of aromatic nitrogens is 2. The van der Waals surface area contributed by atoms with Crippen LogP contribution in [0.2, 0.25) is 0 Å². The minimum Gasteiger partial charge on any atom is -0.447 e. The molecular formula is C14H16N4O4. The quantitative estimate of drug-likeness (QED) is 0.706. The molecule has 0 aliphatic carbocycles. The summed E-state index contributed by atoms with van der Waals surface area (Å²) < 4.78 is 9.67. The first-order valence-corrected chi connectivity index (χ1v) is 6.52. The molecule has 0 aliphatic rings. The molecule has 1 aromatic heterocycles. The van der Waals surface area contributed by atoms with Gasteiger partial charge >= 0.3 is 6.09 Å². The van der Waals surface area contributed by atoms with Crippen molar-refractivity contribution < 1.29 is 19.1 Å². The Labute approximate surface area is 126 Å². The molecule has 0 saturated carbocycles. The van der Waals surface area contributed by atoms with Gasteiger partial charge < -0.3 is 14.8 Å². The molecule has 0 saturated heterocycles. The van der Waals surface area contributed by atoms with Gasteiger partial charge in [0.05, 0.1) is 6.61 Å². The normalized spacial score (nSPS) is 10.0. The largest absolute Gasteiger partial charge is 0.447 e. The van der Waals surface area contributed by atoms with Gasteiger partial charge in [0.1, 0.15) is 12.3 Å². The fourth-order valence-electron chi connectivity index (χ4n) is 1.63. The number of benzene rings is 1. The van der Waals surface area contributed by atoms with Crippen LogP contribution in [0.1, 0.15) is 10.5 Å². The first kappa shape index (κ1) is 15.5. The van der Waals surface area contributed by atoms with Gasteiger partial charge in [-0.05, 0) is 24.3 Å². The minimum atomic E-state index is -0.589. The molecule has 0 spiro atoms. The van der Waals surface area contributed by atoms with E-state index in [2.05, 4.69) is 20.8 Å². The first-order valence-electron chi connectivity index (χ1n) is 6.52. The predicted octanol–water partition coefficient (Wildman–Crippen LogP) is 1.86. The first-order chi connectivity index (χ1) is 10.7. The Balaban J connectivity index is 1.92. The van der Waals surface area contributed by atoms with Crippen molar-refractivity contribution in [1.82, 2.24) is 10.2 Å². The topological polar surface area (TPSA) is 105 Å². The number of nitrogens with one attached hydrogen (secondary N) is 3. The van der Waals surface area contributed by atoms with Crippen molar-refractivity contribution >= 4 is 23.4 Å². The molecule has 0 unspecified atom stereocenters. The van der Waals surface area contributed by atoms with Crippen molar-refractivity contribution in [3.8, 4) is 0 Å². The van der Waals surface area contributed by atoms with Gasteiger partial charge in [0, 0.05) is 24.7 Å². The van der Waals surface area contributed by atoms with Crippen molar-refractivity contribution in [2.24, 2.45) is 0 Å². The average molecular weight is 304 g/mol. The smallest absolute Gasteiger partial charge is 0.411 e. The van der Waals surface area contributed by atoms with E-state index in [4.69, 9.17) is 9.47 Å². The molecule has 8 nitrogen and oxygen atoms in total. The molecule has 0 bridgehead atoms. The summed E-state index contributed by atoms with van der Waals surface area (Å²) in [5.74, 6) is -0.322. The minimum absolute atomic E-state index is 0.165. The molecule has 3 N–H and O–H groups in total. The van der Waals surface area contributed by atoms with Crippen LogP contribution in [-0.2, 0) is 9.47 Å². The van der Waals surface area contributed by atoms with Crippen LogP contribution in [0.15, 0.2) is 36.5 Å². The average Bonchev–Trinajstić information content (AvgIpc) is 3.02. The molecule has 22 heavy (non-hydrogen) atoms. The number of carbonyl (C=O) groups is 2. The van der Waals surface area contributed by atoms with Crippen molar-refractivity contribution in [2.75, 3.05) is 31.0 Å². The highest BCUT2D eigenvalue weighted by Gasteiger charge is 2.08. The van der Waals surface area contributed by atoms with Gasteiger partial charge in [-0.1, -0.05) is 6.07 Å². The summed E-state index contributed by atoms with van der Waals surface area (Å²) in [4.78, 5) is 23.4. The Morgan fingerprint density at radius 3 is 2.64 bits per heavy atom. The standard InChI is InChI=1S/C14H16N4O4/c1-21-7-8-22-14(20)17-11-4-2-3-10(9-11)16-13(19)12-5-6-15-18-12/h2-6,9H,7-8H2,1H3,(H,15,18)(H,16,19)(H,17,20). The summed E-state index contributed by atoms with van der Waals surface area (Å²) in [5.41, 5.74) is 1.39. The highest BCUT2D eigenvalue weighted by molar-refractivity contribution is 6.03. The van der Waals surface area contributed by atoms with Crippen LogP contribution in [-0.4, -0.2) is 42.5 Å². The number of H-pyrrole nitrogens is 1. The number of hydrogen-bond acceptors (Lipinski definition) is 5. The maximum Gasteiger partial charge on any atom is 0.411 e. The van der Waals surface area contributed by atoms with E-state index < -0.39 is 6.09 Å². The Morgan fingerprint density at radius 2 is 1.95 bits per heavy atom. The summed E-state index contributed by atoms with van der Waals surface area (Å²) >= 11 is 0. The van der Waals surface area contributed by atoms with Gasteiger partial charge in [-0.25, -0.2) is 4.79 Å². The number of nitrogens with zero attached hydrogens (tertiary/aromatic N) is 1. The number of ether oxygens (including phenoxy) is 2. The van der Waals surface area contributed by atoms with Gasteiger partial charge in [0.15, 0.2) is 0 Å². The zero-order valence-corrected chi connectivity index (χ0v) is 12.0. The summed E-state index contributed by atoms with van der Waals surface area (Å²) in [6.07, 6.45) is 0.900. The van der Waals surface area contributed by atoms with Crippen LogP contribution < -0.4 is 10.6 Å². The fraction of sp³-hybridized carbons (Fsp3) is 0.214. The molecule has 2 rings (SSSR count). The van der Waals surface area contributed by atoms with E-state index in [1.54, 1.807) is 30.3 Å². The molecule has 1 aromatic carbocycles. The monoisotopic (exact) mass is 304 g/mol. The van der Waals surface area contributed by atoms with Crippen molar-refractivity contribution in [1.29, 1.82) is 0 Å². The fourth-order valence-corrected chi connectivity index (χ4v) is 1.63. The van der Waals surface area contributed by atoms with Gasteiger partial charge in [0.2, 0.25) is 0 Å². The van der Waals surface area contributed by atoms with E-state index in [0.717, 1.165) is 0 Å². The van der Waals surface area contributed by atoms with E-state index in [9.17, 15) is 9.59 Å². The number of aromatic amines is 1. The zero-order valence-electron chi connectivity index (χ0n) is 12.0. The van der Waals surface area contributed by atoms with Crippen LogP contribution in [0, 0.1) is 0 Å². The highest BCUT2D eigenvalue weighted by Crippen LogP contribution is 2.16. The van der Waals surface area contributed by atoms with Gasteiger partial charge in [-0.3, -0.25) is 15.2 Å². The lowest BCUT2D eigenvalue weighted by Crippen LogP contribution is -2.17. The number of carbonyl (C=O) groups excluding carboxylic acids is 2. The van der Waals surface area contributed by atoms with Crippen LogP contribution in [0.3, 0.4) is 0 Å². The Bertz CT molecular complexity index is 628. The number of hydrogen-bond donors (Lipinski definition) is 3. The third kappa shape index (κ3) is 4.60.